The van der Waals surface area contributed by atoms with Crippen molar-refractivity contribution in [2.24, 2.45) is 0 Å². The number of thioether (sulfide) groups is 1. The first-order valence-electron chi connectivity index (χ1n) is 10.6. The van der Waals surface area contributed by atoms with Crippen molar-refractivity contribution >= 4 is 33.2 Å². The van der Waals surface area contributed by atoms with E-state index in [1.165, 1.54) is 0 Å². The third-order valence-electron chi connectivity index (χ3n) is 5.56. The van der Waals surface area contributed by atoms with Crippen molar-refractivity contribution in [1.29, 1.82) is 0 Å². The van der Waals surface area contributed by atoms with Gasteiger partial charge < -0.3 is 9.30 Å². The molecule has 1 saturated heterocycles. The average molecular weight is 458 g/mol. The molecule has 1 aliphatic heterocycles. The highest BCUT2D eigenvalue weighted by Crippen LogP contribution is 2.25. The Labute approximate surface area is 187 Å². The third-order valence-corrected chi connectivity index (χ3v) is 8.36. The highest BCUT2D eigenvalue weighted by atomic mass is 32.2. The number of unbranched alkanes of at least 4 members (excludes halogenated alkanes) is 1. The van der Waals surface area contributed by atoms with Gasteiger partial charge >= 0.3 is 0 Å². The first kappa shape index (κ1) is 21.9. The lowest BCUT2D eigenvalue weighted by atomic mass is 10.1. The molecule has 3 aromatic rings. The van der Waals surface area contributed by atoms with Crippen LogP contribution in [0.4, 0.5) is 0 Å². The van der Waals surface area contributed by atoms with E-state index in [4.69, 9.17) is 0 Å². The Hall–Kier alpha value is -2.32. The highest BCUT2D eigenvalue weighted by Gasteiger charge is 2.34. The van der Waals surface area contributed by atoms with Gasteiger partial charge in [0.25, 0.3) is 5.91 Å². The van der Waals surface area contributed by atoms with Crippen molar-refractivity contribution in [1.82, 2.24) is 14.3 Å². The van der Waals surface area contributed by atoms with Gasteiger partial charge in [-0.05, 0) is 49.2 Å². The van der Waals surface area contributed by atoms with Crippen molar-refractivity contribution in [2.75, 3.05) is 18.1 Å². The zero-order chi connectivity index (χ0) is 21.8. The molecule has 31 heavy (non-hydrogen) atoms. The molecule has 1 amide bonds. The number of hydrogen-bond donors (Lipinski definition) is 0. The molecule has 164 valence electrons. The molecule has 1 fully saturated rings. The second kappa shape index (κ2) is 9.44. The van der Waals surface area contributed by atoms with Gasteiger partial charge in [0.1, 0.15) is 5.65 Å². The summed E-state index contributed by atoms with van der Waals surface area (Å²) in [6.45, 7) is 2.67. The topological polar surface area (TPSA) is 71.8 Å². The summed E-state index contributed by atoms with van der Waals surface area (Å²) >= 11 is 1.68. The number of rotatable bonds is 8. The van der Waals surface area contributed by atoms with E-state index < -0.39 is 9.84 Å². The van der Waals surface area contributed by atoms with E-state index in [9.17, 15) is 13.2 Å². The standard InChI is InChI=1S/C23H27N3O3S2/c1-2-3-13-26(20-11-14-31(28,29)17-20)23(27)18-7-9-21(10-8-18)30-16-19-15-25-12-5-4-6-22(25)24-19/h4-10,12,15,20H,2-3,11,13-14,16-17H2,1H3. The first-order valence-corrected chi connectivity index (χ1v) is 13.4. The second-order valence-electron chi connectivity index (χ2n) is 7.92. The van der Waals surface area contributed by atoms with Crippen molar-refractivity contribution in [3.8, 4) is 0 Å². The molecule has 4 rings (SSSR count). The summed E-state index contributed by atoms with van der Waals surface area (Å²) in [5, 5.41) is 0. The fourth-order valence-electron chi connectivity index (χ4n) is 3.87. The number of nitrogens with zero attached hydrogens (tertiary/aromatic N) is 3. The molecule has 0 aliphatic carbocycles. The molecular formula is C23H27N3O3S2. The number of hydrogen-bond acceptors (Lipinski definition) is 5. The number of carbonyl (C=O) groups is 1. The third kappa shape index (κ3) is 5.30. The van der Waals surface area contributed by atoms with E-state index >= 15 is 0 Å². The van der Waals surface area contributed by atoms with Gasteiger partial charge in [-0.15, -0.1) is 11.8 Å². The van der Waals surface area contributed by atoms with Crippen LogP contribution in [0.25, 0.3) is 5.65 Å². The van der Waals surface area contributed by atoms with Crippen LogP contribution in [0, 0.1) is 0 Å². The minimum atomic E-state index is -3.04. The fourth-order valence-corrected chi connectivity index (χ4v) is 6.39. The lowest BCUT2D eigenvalue weighted by Crippen LogP contribution is -2.41. The van der Waals surface area contributed by atoms with E-state index in [2.05, 4.69) is 11.9 Å². The Morgan fingerprint density at radius 2 is 2.03 bits per heavy atom. The molecule has 0 saturated carbocycles. The Bertz CT molecular complexity index is 1120. The maximum atomic E-state index is 13.2. The van der Waals surface area contributed by atoms with Gasteiger partial charge in [-0.2, -0.15) is 0 Å². The van der Waals surface area contributed by atoms with E-state index in [-0.39, 0.29) is 23.5 Å². The molecule has 1 unspecified atom stereocenters. The molecule has 0 bridgehead atoms. The van der Waals surface area contributed by atoms with Crippen LogP contribution in [0.1, 0.15) is 42.2 Å². The van der Waals surface area contributed by atoms with Crippen LogP contribution in [0.3, 0.4) is 0 Å². The number of benzene rings is 1. The van der Waals surface area contributed by atoms with Crippen molar-refractivity contribution in [2.45, 2.75) is 42.9 Å². The highest BCUT2D eigenvalue weighted by molar-refractivity contribution is 7.98. The molecule has 1 atom stereocenters. The van der Waals surface area contributed by atoms with Crippen LogP contribution in [0.15, 0.2) is 59.8 Å². The van der Waals surface area contributed by atoms with Crippen LogP contribution in [-0.4, -0.2) is 52.7 Å². The SMILES string of the molecule is CCCCN(C(=O)c1ccc(SCc2cn3ccccc3n2)cc1)C1CCS(=O)(=O)C1. The van der Waals surface area contributed by atoms with Gasteiger partial charge in [0, 0.05) is 41.2 Å². The molecule has 0 radical (unpaired) electrons. The minimum absolute atomic E-state index is 0.0764. The Kier molecular flexibility index (Phi) is 6.67. The van der Waals surface area contributed by atoms with Crippen LogP contribution >= 0.6 is 11.8 Å². The average Bonchev–Trinajstić information content (AvgIpc) is 3.35. The van der Waals surface area contributed by atoms with Crippen LogP contribution in [0.5, 0.6) is 0 Å². The number of amides is 1. The van der Waals surface area contributed by atoms with Gasteiger partial charge in [-0.1, -0.05) is 19.4 Å². The number of fused-ring (bicyclic) bond motifs is 1. The van der Waals surface area contributed by atoms with Crippen LogP contribution in [0.2, 0.25) is 0 Å². The molecule has 3 heterocycles. The zero-order valence-electron chi connectivity index (χ0n) is 17.6. The van der Waals surface area contributed by atoms with Gasteiger partial charge in [-0.25, -0.2) is 13.4 Å². The smallest absolute Gasteiger partial charge is 0.254 e. The number of pyridine rings is 1. The largest absolute Gasteiger partial charge is 0.335 e. The molecule has 1 aliphatic rings. The molecule has 0 N–H and O–H groups in total. The normalized spacial score (nSPS) is 17.8. The lowest BCUT2D eigenvalue weighted by molar-refractivity contribution is 0.0694. The van der Waals surface area contributed by atoms with Crippen molar-refractivity contribution in [3.63, 3.8) is 0 Å². The summed E-state index contributed by atoms with van der Waals surface area (Å²) in [6.07, 6.45) is 6.38. The van der Waals surface area contributed by atoms with Gasteiger partial charge in [0.2, 0.25) is 0 Å². The predicted octanol–water partition coefficient (Wildman–Crippen LogP) is 4.06. The zero-order valence-corrected chi connectivity index (χ0v) is 19.2. The quantitative estimate of drug-likeness (QED) is 0.477. The van der Waals surface area contributed by atoms with E-state index in [1.54, 1.807) is 16.7 Å². The molecule has 2 aromatic heterocycles. The van der Waals surface area contributed by atoms with E-state index in [1.807, 2.05) is 59.3 Å². The lowest BCUT2D eigenvalue weighted by Gasteiger charge is -2.28. The molecule has 8 heteroatoms. The van der Waals surface area contributed by atoms with Gasteiger partial charge in [-0.3, -0.25) is 4.79 Å². The molecule has 6 nitrogen and oxygen atoms in total. The minimum Gasteiger partial charge on any atom is -0.335 e. The summed E-state index contributed by atoms with van der Waals surface area (Å²) in [5.74, 6) is 0.923. The first-order chi connectivity index (χ1) is 14.9. The van der Waals surface area contributed by atoms with E-state index in [0.29, 0.717) is 18.5 Å². The number of carbonyl (C=O) groups excluding carboxylic acids is 1. The van der Waals surface area contributed by atoms with Gasteiger partial charge in [0.15, 0.2) is 9.84 Å². The van der Waals surface area contributed by atoms with Crippen molar-refractivity contribution < 1.29 is 13.2 Å². The summed E-state index contributed by atoms with van der Waals surface area (Å²) in [5.41, 5.74) is 2.54. The van der Waals surface area contributed by atoms with Gasteiger partial charge in [0.05, 0.1) is 17.2 Å². The maximum absolute atomic E-state index is 13.2. The summed E-state index contributed by atoms with van der Waals surface area (Å²) < 4.78 is 25.8. The summed E-state index contributed by atoms with van der Waals surface area (Å²) in [6, 6.07) is 13.3. The Balaban J connectivity index is 1.42. The maximum Gasteiger partial charge on any atom is 0.254 e. The predicted molar refractivity (Wildman–Crippen MR) is 124 cm³/mol. The Morgan fingerprint density at radius 1 is 1.23 bits per heavy atom. The molecule has 1 aromatic carbocycles. The monoisotopic (exact) mass is 457 g/mol. The number of sulfone groups is 1. The van der Waals surface area contributed by atoms with Crippen LogP contribution in [-0.2, 0) is 15.6 Å². The van der Waals surface area contributed by atoms with Crippen LogP contribution < -0.4 is 0 Å². The number of imidazole rings is 1. The summed E-state index contributed by atoms with van der Waals surface area (Å²) in [4.78, 5) is 20.6. The van der Waals surface area contributed by atoms with Crippen molar-refractivity contribution in [3.05, 3.63) is 66.1 Å². The number of aromatic nitrogens is 2. The van der Waals surface area contributed by atoms with E-state index in [0.717, 1.165) is 34.8 Å². The second-order valence-corrected chi connectivity index (χ2v) is 11.2. The molecule has 0 spiro atoms. The fraction of sp³-hybridized carbons (Fsp3) is 0.391. The Morgan fingerprint density at radius 3 is 2.71 bits per heavy atom. The molecular weight excluding hydrogens is 430 g/mol. The summed E-state index contributed by atoms with van der Waals surface area (Å²) in [7, 11) is -3.04.